The number of fused-ring (bicyclic) bond motifs is 1. The van der Waals surface area contributed by atoms with E-state index in [0.29, 0.717) is 17.6 Å². The van der Waals surface area contributed by atoms with Crippen LogP contribution in [0.1, 0.15) is 39.5 Å². The largest absolute Gasteiger partial charge is 0.338 e. The lowest BCUT2D eigenvalue weighted by Gasteiger charge is -2.41. The summed E-state index contributed by atoms with van der Waals surface area (Å²) in [5, 5.41) is 18.7. The van der Waals surface area contributed by atoms with E-state index in [1.54, 1.807) is 19.5 Å². The molecule has 0 radical (unpaired) electrons. The zero-order valence-corrected chi connectivity index (χ0v) is 26.4. The van der Waals surface area contributed by atoms with E-state index in [9.17, 15) is 10.1 Å². The molecule has 0 saturated carbocycles. The molecule has 4 rings (SSSR count). The van der Waals surface area contributed by atoms with Gasteiger partial charge in [-0.3, -0.25) is 23.7 Å². The van der Waals surface area contributed by atoms with Crippen LogP contribution in [0.15, 0.2) is 75.5 Å². The van der Waals surface area contributed by atoms with Gasteiger partial charge in [0.2, 0.25) is 0 Å². The fourth-order valence-corrected chi connectivity index (χ4v) is 5.86. The van der Waals surface area contributed by atoms with E-state index < -0.39 is 5.54 Å². The molecular formula is C32H44N8OS. The van der Waals surface area contributed by atoms with Crippen molar-refractivity contribution in [3.05, 3.63) is 71.2 Å². The summed E-state index contributed by atoms with van der Waals surface area (Å²) >= 11 is 0. The fraction of sp³-hybridized carbons (Fsp3) is 0.406. The second-order valence-electron chi connectivity index (χ2n) is 10.6. The lowest BCUT2D eigenvalue weighted by Crippen LogP contribution is -2.46. The molecule has 0 aliphatic carbocycles. The van der Waals surface area contributed by atoms with E-state index in [4.69, 9.17) is 5.10 Å². The Morgan fingerprint density at radius 2 is 2.02 bits per heavy atom. The van der Waals surface area contributed by atoms with Gasteiger partial charge in [0.15, 0.2) is 5.82 Å². The van der Waals surface area contributed by atoms with Crippen LogP contribution in [0.25, 0.3) is 10.9 Å². The van der Waals surface area contributed by atoms with Gasteiger partial charge in [-0.15, -0.1) is 0 Å². The first kappa shape index (κ1) is 32.7. The highest BCUT2D eigenvalue weighted by Gasteiger charge is 2.39. The Morgan fingerprint density at radius 3 is 2.67 bits per heavy atom. The van der Waals surface area contributed by atoms with Crippen LogP contribution in [-0.4, -0.2) is 76.8 Å². The third-order valence-corrected chi connectivity index (χ3v) is 8.73. The number of aromatic amines is 1. The molecule has 2 aromatic heterocycles. The van der Waals surface area contributed by atoms with E-state index in [2.05, 4.69) is 56.9 Å². The minimum Gasteiger partial charge on any atom is -0.338 e. The van der Waals surface area contributed by atoms with Gasteiger partial charge in [0.1, 0.15) is 5.39 Å². The third kappa shape index (κ3) is 7.94. The first-order valence-corrected chi connectivity index (χ1v) is 15.6. The number of rotatable bonds is 10. The molecule has 0 amide bonds. The third-order valence-electron chi connectivity index (χ3n) is 7.05. The molecule has 10 heteroatoms. The molecule has 9 nitrogen and oxygen atoms in total. The van der Waals surface area contributed by atoms with Crippen molar-refractivity contribution < 1.29 is 0 Å². The number of aromatic nitrogens is 3. The van der Waals surface area contributed by atoms with Crippen molar-refractivity contribution in [3.8, 4) is 6.07 Å². The Morgan fingerprint density at radius 1 is 1.31 bits per heavy atom. The summed E-state index contributed by atoms with van der Waals surface area (Å²) in [4.78, 5) is 23.2. The number of aliphatic imine (C=N–C) groups is 1. The summed E-state index contributed by atoms with van der Waals surface area (Å²) in [5.41, 5.74) is 1.82. The molecular weight excluding hydrogens is 544 g/mol. The van der Waals surface area contributed by atoms with Crippen LogP contribution in [0.3, 0.4) is 0 Å². The lowest BCUT2D eigenvalue weighted by atomic mass is 9.84. The molecule has 2 N–H and O–H groups in total. The van der Waals surface area contributed by atoms with Gasteiger partial charge >= 0.3 is 0 Å². The predicted molar refractivity (Wildman–Crippen MR) is 179 cm³/mol. The summed E-state index contributed by atoms with van der Waals surface area (Å²) in [6.07, 6.45) is 10.3. The molecule has 1 aromatic carbocycles. The van der Waals surface area contributed by atoms with Gasteiger partial charge in [0.25, 0.3) is 5.56 Å². The average Bonchev–Trinajstić information content (AvgIpc) is 3.34. The molecule has 1 atom stereocenters. The van der Waals surface area contributed by atoms with Crippen molar-refractivity contribution in [1.29, 1.82) is 5.26 Å². The van der Waals surface area contributed by atoms with Gasteiger partial charge in [-0.1, -0.05) is 55.5 Å². The van der Waals surface area contributed by atoms with E-state index >= 15 is 0 Å². The number of benzene rings is 1. The number of hydrogen-bond acceptors (Lipinski definition) is 7. The van der Waals surface area contributed by atoms with Gasteiger partial charge in [-0.05, 0) is 62.9 Å². The highest BCUT2D eigenvalue weighted by Crippen LogP contribution is 2.38. The second-order valence-corrected chi connectivity index (χ2v) is 12.6. The van der Waals surface area contributed by atoms with Crippen LogP contribution >= 0.6 is 10.7 Å². The van der Waals surface area contributed by atoms with Gasteiger partial charge in [-0.2, -0.15) is 10.4 Å². The van der Waals surface area contributed by atoms with Gasteiger partial charge in [-0.25, -0.2) is 0 Å². The van der Waals surface area contributed by atoms with Crippen LogP contribution < -0.4 is 10.9 Å². The van der Waals surface area contributed by atoms with Crippen LogP contribution in [0.4, 0.5) is 11.5 Å². The average molecular weight is 589 g/mol. The highest BCUT2D eigenvalue weighted by atomic mass is 32.2. The normalized spacial score (nSPS) is 15.9. The second kappa shape index (κ2) is 15.4. The number of piperidine rings is 1. The topological polar surface area (TPSA) is 105 Å². The van der Waals surface area contributed by atoms with Crippen LogP contribution in [0.2, 0.25) is 0 Å². The van der Waals surface area contributed by atoms with Crippen molar-refractivity contribution in [3.63, 3.8) is 0 Å². The lowest BCUT2D eigenvalue weighted by molar-refractivity contribution is 0.113. The monoisotopic (exact) mass is 588 g/mol. The number of H-pyrrole nitrogens is 1. The summed E-state index contributed by atoms with van der Waals surface area (Å²) in [5.74, 6) is 4.74. The molecule has 1 unspecified atom stereocenters. The Hall–Kier alpha value is -3.78. The molecule has 3 aromatic rings. The van der Waals surface area contributed by atoms with E-state index in [1.807, 2.05) is 61.3 Å². The van der Waals surface area contributed by atoms with Crippen LogP contribution in [0, 0.1) is 11.3 Å². The molecule has 3 heterocycles. The molecule has 1 aliphatic heterocycles. The quantitative estimate of drug-likeness (QED) is 0.173. The Balaban J connectivity index is 0.00000155. The Kier molecular flexibility index (Phi) is 12.0. The van der Waals surface area contributed by atoms with E-state index in [1.165, 1.54) is 6.42 Å². The molecule has 224 valence electrons. The maximum absolute atomic E-state index is 13.0. The molecule has 0 spiro atoms. The minimum atomic E-state index is -0.518. The molecule has 1 saturated heterocycles. The van der Waals surface area contributed by atoms with Crippen LogP contribution in [0.5, 0.6) is 0 Å². The molecule has 1 fully saturated rings. The van der Waals surface area contributed by atoms with Crippen molar-refractivity contribution in [2.45, 2.75) is 50.0 Å². The standard InChI is InChI=1S/C29H36N8OS.C3H8/c1-22(8-7-16-31-2)21-36-18-13-29(12-15-30,14-19-36)37-25-11-17-32-28(38)26(25)27(34-37)33-23-9-6-10-24(20-23)39(5)35(3)4;1-3-2/h6-11,16-17,20H,1,5,12-14,18-19,21H2,2-4H3,(H,32,38)(H,33,34);3H2,1-2H3/b8-7-,31-16?;. The van der Waals surface area contributed by atoms with E-state index in [0.717, 1.165) is 54.1 Å². The van der Waals surface area contributed by atoms with Crippen LogP contribution in [-0.2, 0) is 5.54 Å². The first-order chi connectivity index (χ1) is 20.2. The summed E-state index contributed by atoms with van der Waals surface area (Å²) in [6, 6.07) is 12.3. The number of anilines is 2. The molecule has 0 bridgehead atoms. The highest BCUT2D eigenvalue weighted by molar-refractivity contribution is 8.12. The Labute approximate surface area is 252 Å². The van der Waals surface area contributed by atoms with Crippen molar-refractivity contribution in [1.82, 2.24) is 24.0 Å². The summed E-state index contributed by atoms with van der Waals surface area (Å²) < 4.78 is 3.99. The van der Waals surface area contributed by atoms with E-state index in [-0.39, 0.29) is 16.2 Å². The number of nitrogens with zero attached hydrogens (tertiary/aromatic N) is 6. The SMILES string of the molecule is C=C(/C=C\C=NC)CN1CCC(CC#N)(n2nc(Nc3cccc(S(=C)N(C)C)c3)c3c(=O)[nH]ccc32)CC1.CCC. The van der Waals surface area contributed by atoms with Crippen molar-refractivity contribution in [2.24, 2.45) is 4.99 Å². The van der Waals surface area contributed by atoms with Crippen molar-refractivity contribution >= 4 is 45.2 Å². The van der Waals surface area contributed by atoms with Crippen molar-refractivity contribution in [2.75, 3.05) is 46.1 Å². The number of nitriles is 1. The number of likely N-dealkylation sites (tertiary alicyclic amines) is 1. The minimum absolute atomic E-state index is 0.217. The molecule has 42 heavy (non-hydrogen) atoms. The predicted octanol–water partition coefficient (Wildman–Crippen LogP) is 5.94. The van der Waals surface area contributed by atoms with Gasteiger partial charge < -0.3 is 10.3 Å². The summed E-state index contributed by atoms with van der Waals surface area (Å²) in [6.45, 7) is 10.7. The zero-order valence-electron chi connectivity index (χ0n) is 25.6. The number of hydrogen-bond donors (Lipinski definition) is 2. The first-order valence-electron chi connectivity index (χ1n) is 14.2. The number of nitrogens with one attached hydrogen (secondary N) is 2. The maximum Gasteiger partial charge on any atom is 0.261 e. The fourth-order valence-electron chi connectivity index (χ4n) is 4.94. The Bertz CT molecular complexity index is 1530. The number of allylic oxidation sites excluding steroid dienone is 1. The van der Waals surface area contributed by atoms with Gasteiger partial charge in [0.05, 0.1) is 23.5 Å². The zero-order chi connectivity index (χ0) is 30.7. The summed E-state index contributed by atoms with van der Waals surface area (Å²) in [7, 11) is 5.42. The smallest absolute Gasteiger partial charge is 0.261 e. The molecule has 1 aliphatic rings. The number of pyridine rings is 1. The van der Waals surface area contributed by atoms with Gasteiger partial charge in [0, 0.05) is 49.7 Å². The maximum atomic E-state index is 13.0.